The lowest BCUT2D eigenvalue weighted by molar-refractivity contribution is -0.121. The highest BCUT2D eigenvalue weighted by molar-refractivity contribution is 5.76. The number of aryl methyl sites for hydroxylation is 1. The second kappa shape index (κ2) is 9.80. The molecule has 4 nitrogen and oxygen atoms in total. The molecule has 1 aliphatic heterocycles. The Labute approximate surface area is 147 Å². The number of amides is 1. The predicted octanol–water partition coefficient (Wildman–Crippen LogP) is 2.63. The molecule has 1 saturated heterocycles. The summed E-state index contributed by atoms with van der Waals surface area (Å²) in [5.74, 6) is 0.446. The van der Waals surface area contributed by atoms with Crippen molar-refractivity contribution in [1.29, 1.82) is 0 Å². The molecular formula is C20H33N3O. The molecule has 0 aliphatic carbocycles. The fourth-order valence-electron chi connectivity index (χ4n) is 3.36. The second-order valence-corrected chi connectivity index (χ2v) is 7.16. The van der Waals surface area contributed by atoms with Gasteiger partial charge in [0.2, 0.25) is 5.91 Å². The summed E-state index contributed by atoms with van der Waals surface area (Å²) >= 11 is 0. The lowest BCUT2D eigenvalue weighted by Crippen LogP contribution is -2.44. The zero-order chi connectivity index (χ0) is 17.4. The normalized spacial score (nSPS) is 17.6. The molecule has 0 saturated carbocycles. The molecule has 0 spiro atoms. The van der Waals surface area contributed by atoms with Crippen molar-refractivity contribution in [3.63, 3.8) is 0 Å². The van der Waals surface area contributed by atoms with Crippen LogP contribution >= 0.6 is 0 Å². The minimum atomic E-state index is 0.172. The maximum atomic E-state index is 12.1. The monoisotopic (exact) mass is 331 g/mol. The molecule has 1 heterocycles. The van der Waals surface area contributed by atoms with Gasteiger partial charge in [0, 0.05) is 39.1 Å². The number of nitrogens with zero attached hydrogens (tertiary/aromatic N) is 2. The number of hydrogen-bond acceptors (Lipinski definition) is 3. The maximum absolute atomic E-state index is 12.1. The molecule has 1 atom stereocenters. The van der Waals surface area contributed by atoms with Crippen LogP contribution in [0, 0.1) is 6.92 Å². The lowest BCUT2D eigenvalue weighted by atomic mass is 9.93. The van der Waals surface area contributed by atoms with Crippen LogP contribution in [-0.2, 0) is 4.79 Å². The third kappa shape index (κ3) is 6.25. The molecular weight excluding hydrogens is 298 g/mol. The van der Waals surface area contributed by atoms with Crippen molar-refractivity contribution in [2.24, 2.45) is 0 Å². The van der Waals surface area contributed by atoms with E-state index in [2.05, 4.69) is 54.2 Å². The number of carbonyl (C=O) groups excluding carboxylic acids is 1. The van der Waals surface area contributed by atoms with Gasteiger partial charge >= 0.3 is 0 Å². The average Bonchev–Trinajstić information content (AvgIpc) is 2.56. The summed E-state index contributed by atoms with van der Waals surface area (Å²) in [4.78, 5) is 17.0. The Bertz CT molecular complexity index is 509. The van der Waals surface area contributed by atoms with Gasteiger partial charge in [-0.1, -0.05) is 31.2 Å². The molecule has 1 unspecified atom stereocenters. The van der Waals surface area contributed by atoms with Crippen LogP contribution in [0.4, 0.5) is 0 Å². The Balaban J connectivity index is 1.57. The summed E-state index contributed by atoms with van der Waals surface area (Å²) < 4.78 is 0. The van der Waals surface area contributed by atoms with E-state index in [1.807, 2.05) is 6.07 Å². The number of rotatable bonds is 8. The molecule has 1 aliphatic rings. The zero-order valence-corrected chi connectivity index (χ0v) is 15.6. The molecule has 0 radical (unpaired) electrons. The smallest absolute Gasteiger partial charge is 0.220 e. The molecule has 4 heteroatoms. The highest BCUT2D eigenvalue weighted by Crippen LogP contribution is 2.22. The molecule has 24 heavy (non-hydrogen) atoms. The van der Waals surface area contributed by atoms with Crippen molar-refractivity contribution in [2.75, 3.05) is 46.3 Å². The number of nitrogens with one attached hydrogen (secondary N) is 1. The van der Waals surface area contributed by atoms with Crippen LogP contribution in [0.25, 0.3) is 0 Å². The van der Waals surface area contributed by atoms with Crippen molar-refractivity contribution in [3.05, 3.63) is 35.4 Å². The number of piperazine rings is 1. The van der Waals surface area contributed by atoms with Gasteiger partial charge in [-0.3, -0.25) is 4.79 Å². The summed E-state index contributed by atoms with van der Waals surface area (Å²) in [6.45, 7) is 10.9. The van der Waals surface area contributed by atoms with Gasteiger partial charge in [-0.2, -0.15) is 0 Å². The molecule has 0 aromatic heterocycles. The minimum absolute atomic E-state index is 0.172. The van der Waals surface area contributed by atoms with Crippen LogP contribution in [0.3, 0.4) is 0 Å². The molecule has 1 N–H and O–H groups in total. The first kappa shape index (κ1) is 18.9. The third-order valence-electron chi connectivity index (χ3n) is 5.03. The van der Waals surface area contributed by atoms with E-state index < -0.39 is 0 Å². The Morgan fingerprint density at radius 3 is 2.58 bits per heavy atom. The topological polar surface area (TPSA) is 35.6 Å². The number of likely N-dealkylation sites (N-methyl/N-ethyl adjacent to an activating group) is 1. The number of carbonyl (C=O) groups is 1. The van der Waals surface area contributed by atoms with Crippen LogP contribution in [-0.4, -0.2) is 62.0 Å². The summed E-state index contributed by atoms with van der Waals surface area (Å²) in [5, 5.41) is 3.08. The molecule has 134 valence electrons. The van der Waals surface area contributed by atoms with Crippen molar-refractivity contribution in [3.8, 4) is 0 Å². The van der Waals surface area contributed by atoms with E-state index in [9.17, 15) is 4.79 Å². The molecule has 1 amide bonds. The largest absolute Gasteiger partial charge is 0.356 e. The summed E-state index contributed by atoms with van der Waals surface area (Å²) in [6, 6.07) is 8.34. The molecule has 2 rings (SSSR count). The SMILES string of the molecule is Cc1ccccc1C(C)CC(=O)NCCCCN1CCN(C)CC1. The van der Waals surface area contributed by atoms with E-state index in [-0.39, 0.29) is 11.8 Å². The zero-order valence-electron chi connectivity index (χ0n) is 15.6. The molecule has 1 fully saturated rings. The Kier molecular flexibility index (Phi) is 7.73. The van der Waals surface area contributed by atoms with E-state index in [0.29, 0.717) is 6.42 Å². The van der Waals surface area contributed by atoms with E-state index >= 15 is 0 Å². The van der Waals surface area contributed by atoms with Crippen LogP contribution in [0.5, 0.6) is 0 Å². The molecule has 1 aromatic carbocycles. The van der Waals surface area contributed by atoms with Crippen LogP contribution in [0.15, 0.2) is 24.3 Å². The van der Waals surface area contributed by atoms with Gasteiger partial charge in [0.25, 0.3) is 0 Å². The number of benzene rings is 1. The van der Waals surface area contributed by atoms with E-state index in [0.717, 1.165) is 25.9 Å². The molecule has 1 aromatic rings. The van der Waals surface area contributed by atoms with Gasteiger partial charge < -0.3 is 15.1 Å². The van der Waals surface area contributed by atoms with E-state index in [4.69, 9.17) is 0 Å². The minimum Gasteiger partial charge on any atom is -0.356 e. The van der Waals surface area contributed by atoms with Gasteiger partial charge in [-0.05, 0) is 50.4 Å². The highest BCUT2D eigenvalue weighted by atomic mass is 16.1. The van der Waals surface area contributed by atoms with Gasteiger partial charge in [-0.15, -0.1) is 0 Å². The quantitative estimate of drug-likeness (QED) is 0.744. The van der Waals surface area contributed by atoms with Gasteiger partial charge in [0.15, 0.2) is 0 Å². The average molecular weight is 332 g/mol. The first-order chi connectivity index (χ1) is 11.6. The Hall–Kier alpha value is -1.39. The lowest BCUT2D eigenvalue weighted by Gasteiger charge is -2.32. The van der Waals surface area contributed by atoms with Crippen LogP contribution in [0.2, 0.25) is 0 Å². The first-order valence-corrected chi connectivity index (χ1v) is 9.29. The highest BCUT2D eigenvalue weighted by Gasteiger charge is 2.14. The van der Waals surface area contributed by atoms with Crippen molar-refractivity contribution in [2.45, 2.75) is 39.0 Å². The Morgan fingerprint density at radius 2 is 1.88 bits per heavy atom. The fourth-order valence-corrected chi connectivity index (χ4v) is 3.36. The van der Waals surface area contributed by atoms with Crippen molar-refractivity contribution < 1.29 is 4.79 Å². The van der Waals surface area contributed by atoms with Crippen LogP contribution < -0.4 is 5.32 Å². The number of unbranched alkanes of at least 4 members (excludes halogenated alkanes) is 1. The van der Waals surface area contributed by atoms with Crippen LogP contribution in [0.1, 0.15) is 43.2 Å². The summed E-state index contributed by atoms with van der Waals surface area (Å²) in [6.07, 6.45) is 2.80. The fraction of sp³-hybridized carbons (Fsp3) is 0.650. The standard InChI is InChI=1S/C20H33N3O/c1-17-8-4-5-9-19(17)18(2)16-20(24)21-10-6-7-11-23-14-12-22(3)13-15-23/h4-5,8-9,18H,6-7,10-16H2,1-3H3,(H,21,24). The first-order valence-electron chi connectivity index (χ1n) is 9.29. The Morgan fingerprint density at radius 1 is 1.17 bits per heavy atom. The predicted molar refractivity (Wildman–Crippen MR) is 100 cm³/mol. The summed E-state index contributed by atoms with van der Waals surface area (Å²) in [5.41, 5.74) is 2.55. The maximum Gasteiger partial charge on any atom is 0.220 e. The van der Waals surface area contributed by atoms with Gasteiger partial charge in [0.1, 0.15) is 0 Å². The summed E-state index contributed by atoms with van der Waals surface area (Å²) in [7, 11) is 2.19. The molecule has 0 bridgehead atoms. The van der Waals surface area contributed by atoms with Gasteiger partial charge in [0.05, 0.1) is 0 Å². The second-order valence-electron chi connectivity index (χ2n) is 7.16. The van der Waals surface area contributed by atoms with Crippen molar-refractivity contribution >= 4 is 5.91 Å². The van der Waals surface area contributed by atoms with Gasteiger partial charge in [-0.25, -0.2) is 0 Å². The third-order valence-corrected chi connectivity index (χ3v) is 5.03. The van der Waals surface area contributed by atoms with E-state index in [1.54, 1.807) is 0 Å². The van der Waals surface area contributed by atoms with Crippen molar-refractivity contribution in [1.82, 2.24) is 15.1 Å². The number of hydrogen-bond donors (Lipinski definition) is 1. The van der Waals surface area contributed by atoms with E-state index in [1.165, 1.54) is 37.3 Å².